The van der Waals surface area contributed by atoms with Crippen molar-refractivity contribution in [1.82, 2.24) is 15.2 Å². The predicted molar refractivity (Wildman–Crippen MR) is 119 cm³/mol. The maximum atomic E-state index is 13.3. The zero-order valence-corrected chi connectivity index (χ0v) is 17.4. The van der Waals surface area contributed by atoms with E-state index >= 15 is 0 Å². The van der Waals surface area contributed by atoms with Crippen molar-refractivity contribution in [2.45, 2.75) is 38.6 Å². The summed E-state index contributed by atoms with van der Waals surface area (Å²) in [5.41, 5.74) is 3.46. The SMILES string of the molecule is CC(=O)NC(Cc1c[nH]c2ccccc12)C(=O)N1CCC(Cc2ccccc2)CC1. The van der Waals surface area contributed by atoms with Crippen molar-refractivity contribution in [3.8, 4) is 0 Å². The zero-order valence-electron chi connectivity index (χ0n) is 17.4. The summed E-state index contributed by atoms with van der Waals surface area (Å²) >= 11 is 0. The highest BCUT2D eigenvalue weighted by molar-refractivity contribution is 5.89. The Morgan fingerprint density at radius 2 is 1.77 bits per heavy atom. The Morgan fingerprint density at radius 3 is 2.50 bits per heavy atom. The summed E-state index contributed by atoms with van der Waals surface area (Å²) < 4.78 is 0. The number of hydrogen-bond donors (Lipinski definition) is 2. The van der Waals surface area contributed by atoms with Crippen LogP contribution in [0.2, 0.25) is 0 Å². The highest BCUT2D eigenvalue weighted by atomic mass is 16.2. The first-order chi connectivity index (χ1) is 14.6. The summed E-state index contributed by atoms with van der Waals surface area (Å²) in [6, 6.07) is 18.1. The van der Waals surface area contributed by atoms with E-state index < -0.39 is 6.04 Å². The van der Waals surface area contributed by atoms with Crippen molar-refractivity contribution in [2.24, 2.45) is 5.92 Å². The number of aromatic nitrogens is 1. The summed E-state index contributed by atoms with van der Waals surface area (Å²) in [6.07, 6.45) is 5.50. The molecular weight excluding hydrogens is 374 g/mol. The number of aromatic amines is 1. The van der Waals surface area contributed by atoms with Gasteiger partial charge in [-0.15, -0.1) is 0 Å². The lowest BCUT2D eigenvalue weighted by molar-refractivity contribution is -0.137. The van der Waals surface area contributed by atoms with Gasteiger partial charge in [-0.05, 0) is 42.4 Å². The lowest BCUT2D eigenvalue weighted by Gasteiger charge is -2.34. The third-order valence-electron chi connectivity index (χ3n) is 6.07. The van der Waals surface area contributed by atoms with Gasteiger partial charge in [-0.2, -0.15) is 0 Å². The largest absolute Gasteiger partial charge is 0.361 e. The summed E-state index contributed by atoms with van der Waals surface area (Å²) in [5.74, 6) is 0.449. The number of nitrogens with one attached hydrogen (secondary N) is 2. The Kier molecular flexibility index (Phi) is 6.17. The Labute approximate surface area is 177 Å². The van der Waals surface area contributed by atoms with Crippen molar-refractivity contribution in [3.05, 3.63) is 71.9 Å². The van der Waals surface area contributed by atoms with E-state index in [0.29, 0.717) is 12.3 Å². The van der Waals surface area contributed by atoms with E-state index in [1.165, 1.54) is 12.5 Å². The van der Waals surface area contributed by atoms with E-state index in [4.69, 9.17) is 0 Å². The van der Waals surface area contributed by atoms with Crippen molar-refractivity contribution in [2.75, 3.05) is 13.1 Å². The minimum absolute atomic E-state index is 0.0219. The molecule has 0 radical (unpaired) electrons. The van der Waals surface area contributed by atoms with Gasteiger partial charge in [0.1, 0.15) is 6.04 Å². The molecule has 1 aromatic heterocycles. The minimum Gasteiger partial charge on any atom is -0.361 e. The van der Waals surface area contributed by atoms with Gasteiger partial charge in [0, 0.05) is 43.5 Å². The average Bonchev–Trinajstić information content (AvgIpc) is 3.17. The van der Waals surface area contributed by atoms with Crippen LogP contribution in [-0.4, -0.2) is 40.8 Å². The number of carbonyl (C=O) groups excluding carboxylic acids is 2. The Morgan fingerprint density at radius 1 is 1.07 bits per heavy atom. The quantitative estimate of drug-likeness (QED) is 0.659. The highest BCUT2D eigenvalue weighted by Crippen LogP contribution is 2.24. The molecule has 2 amide bonds. The molecule has 1 aliphatic heterocycles. The number of para-hydroxylation sites is 1. The molecule has 30 heavy (non-hydrogen) atoms. The lowest BCUT2D eigenvalue weighted by atomic mass is 9.90. The fourth-order valence-electron chi connectivity index (χ4n) is 4.49. The molecule has 2 aromatic carbocycles. The molecule has 2 N–H and O–H groups in total. The lowest BCUT2D eigenvalue weighted by Crippen LogP contribution is -2.51. The van der Waals surface area contributed by atoms with E-state index in [-0.39, 0.29) is 11.8 Å². The first-order valence-corrected chi connectivity index (χ1v) is 10.7. The standard InChI is InChI=1S/C25H29N3O2/c1-18(29)27-24(16-21-17-26-23-10-6-5-9-22(21)23)25(30)28-13-11-20(12-14-28)15-19-7-3-2-4-8-19/h2-10,17,20,24,26H,11-16H2,1H3,(H,27,29). The van der Waals surface area contributed by atoms with Crippen LogP contribution in [0.4, 0.5) is 0 Å². The van der Waals surface area contributed by atoms with Crippen LogP contribution < -0.4 is 5.32 Å². The van der Waals surface area contributed by atoms with Gasteiger partial charge < -0.3 is 15.2 Å². The molecule has 0 saturated carbocycles. The van der Waals surface area contributed by atoms with Gasteiger partial charge in [0.05, 0.1) is 0 Å². The van der Waals surface area contributed by atoms with E-state index in [0.717, 1.165) is 48.8 Å². The van der Waals surface area contributed by atoms with Crippen molar-refractivity contribution < 1.29 is 9.59 Å². The van der Waals surface area contributed by atoms with Crippen LogP contribution in [0.15, 0.2) is 60.8 Å². The number of fused-ring (bicyclic) bond motifs is 1. The topological polar surface area (TPSA) is 65.2 Å². The van der Waals surface area contributed by atoms with Crippen molar-refractivity contribution >= 4 is 22.7 Å². The number of benzene rings is 2. The van der Waals surface area contributed by atoms with Gasteiger partial charge in [-0.3, -0.25) is 9.59 Å². The normalized spacial score (nSPS) is 15.8. The van der Waals surface area contributed by atoms with E-state index in [1.54, 1.807) is 0 Å². The van der Waals surface area contributed by atoms with Crippen LogP contribution in [0.25, 0.3) is 10.9 Å². The number of piperidine rings is 1. The molecule has 4 rings (SSSR count). The molecule has 1 aliphatic rings. The van der Waals surface area contributed by atoms with Gasteiger partial charge in [0.2, 0.25) is 11.8 Å². The fraction of sp³-hybridized carbons (Fsp3) is 0.360. The number of rotatable bonds is 6. The second-order valence-electron chi connectivity index (χ2n) is 8.28. The highest BCUT2D eigenvalue weighted by Gasteiger charge is 2.29. The Balaban J connectivity index is 1.40. The molecular formula is C25H29N3O2. The van der Waals surface area contributed by atoms with Crippen molar-refractivity contribution in [1.29, 1.82) is 0 Å². The fourth-order valence-corrected chi connectivity index (χ4v) is 4.49. The molecule has 0 aliphatic carbocycles. The maximum absolute atomic E-state index is 13.3. The molecule has 1 atom stereocenters. The molecule has 5 heteroatoms. The molecule has 1 saturated heterocycles. The monoisotopic (exact) mass is 403 g/mol. The van der Waals surface area contributed by atoms with Crippen LogP contribution in [0.1, 0.15) is 30.9 Å². The number of likely N-dealkylation sites (tertiary alicyclic amines) is 1. The molecule has 156 valence electrons. The van der Waals surface area contributed by atoms with Gasteiger partial charge >= 0.3 is 0 Å². The number of amides is 2. The summed E-state index contributed by atoms with van der Waals surface area (Å²) in [6.45, 7) is 2.97. The molecule has 0 bridgehead atoms. The summed E-state index contributed by atoms with van der Waals surface area (Å²) in [4.78, 5) is 30.2. The molecule has 3 aromatic rings. The smallest absolute Gasteiger partial charge is 0.245 e. The van der Waals surface area contributed by atoms with E-state index in [1.807, 2.05) is 41.4 Å². The van der Waals surface area contributed by atoms with Crippen molar-refractivity contribution in [3.63, 3.8) is 0 Å². The third kappa shape index (κ3) is 4.73. The molecule has 1 unspecified atom stereocenters. The van der Waals surface area contributed by atoms with E-state index in [2.05, 4.69) is 34.6 Å². The van der Waals surface area contributed by atoms with Gasteiger partial charge in [-0.25, -0.2) is 0 Å². The molecule has 5 nitrogen and oxygen atoms in total. The summed E-state index contributed by atoms with van der Waals surface area (Å²) in [5, 5.41) is 3.99. The van der Waals surface area contributed by atoms with E-state index in [9.17, 15) is 9.59 Å². The maximum Gasteiger partial charge on any atom is 0.245 e. The number of hydrogen-bond acceptors (Lipinski definition) is 2. The minimum atomic E-state index is -0.535. The average molecular weight is 404 g/mol. The van der Waals surface area contributed by atoms with Crippen LogP contribution in [0.3, 0.4) is 0 Å². The van der Waals surface area contributed by atoms with Crippen LogP contribution in [0.5, 0.6) is 0 Å². The van der Waals surface area contributed by atoms with Gasteiger partial charge in [0.15, 0.2) is 0 Å². The Bertz CT molecular complexity index is 1000. The van der Waals surface area contributed by atoms with Crippen LogP contribution >= 0.6 is 0 Å². The van der Waals surface area contributed by atoms with Gasteiger partial charge in [0.25, 0.3) is 0 Å². The predicted octanol–water partition coefficient (Wildman–Crippen LogP) is 3.70. The third-order valence-corrected chi connectivity index (χ3v) is 6.07. The van der Waals surface area contributed by atoms with Crippen LogP contribution in [0, 0.1) is 5.92 Å². The first kappa shape index (κ1) is 20.2. The number of carbonyl (C=O) groups is 2. The van der Waals surface area contributed by atoms with Gasteiger partial charge in [-0.1, -0.05) is 48.5 Å². The second kappa shape index (κ2) is 9.16. The zero-order chi connectivity index (χ0) is 20.9. The molecule has 1 fully saturated rings. The molecule has 2 heterocycles. The number of nitrogens with zero attached hydrogens (tertiary/aromatic N) is 1. The van der Waals surface area contributed by atoms with Crippen LogP contribution in [-0.2, 0) is 22.4 Å². The summed E-state index contributed by atoms with van der Waals surface area (Å²) in [7, 11) is 0. The first-order valence-electron chi connectivity index (χ1n) is 10.7. The second-order valence-corrected chi connectivity index (χ2v) is 8.28. The number of H-pyrrole nitrogens is 1. The molecule has 0 spiro atoms. The Hall–Kier alpha value is -3.08.